The molecule has 108 valence electrons. The van der Waals surface area contributed by atoms with Gasteiger partial charge in [-0.3, -0.25) is 10.4 Å². The van der Waals surface area contributed by atoms with E-state index in [9.17, 15) is 0 Å². The van der Waals surface area contributed by atoms with Gasteiger partial charge in [0.25, 0.3) is 0 Å². The molecular weight excluding hydrogens is 304 g/mol. The van der Waals surface area contributed by atoms with E-state index in [1.165, 1.54) is 22.1 Å². The predicted molar refractivity (Wildman–Crippen MR) is 84.4 cm³/mol. The van der Waals surface area contributed by atoms with Crippen LogP contribution in [0.15, 0.2) is 6.20 Å². The fraction of sp³-hybridized carbons (Fsp3) is 0.385. The molecule has 0 fully saturated rings. The predicted octanol–water partition coefficient (Wildman–Crippen LogP) is 3.49. The van der Waals surface area contributed by atoms with Gasteiger partial charge in [-0.25, -0.2) is 9.97 Å². The third-order valence-corrected chi connectivity index (χ3v) is 5.32. The van der Waals surface area contributed by atoms with Crippen LogP contribution in [0.5, 0.6) is 0 Å². The molecule has 0 amide bonds. The highest BCUT2D eigenvalue weighted by Crippen LogP contribution is 2.40. The van der Waals surface area contributed by atoms with Crippen molar-refractivity contribution in [2.45, 2.75) is 32.6 Å². The molecule has 1 unspecified atom stereocenters. The highest BCUT2D eigenvalue weighted by atomic mass is 32.1. The van der Waals surface area contributed by atoms with Gasteiger partial charge in [0.05, 0.1) is 11.9 Å². The third kappa shape index (κ3) is 2.24. The SMILES string of the molecule is Cc1nc(Nc2nc3c(s2)CCC(C)c2[nH]ncc2-3)ns1. The molecule has 6 nitrogen and oxygen atoms in total. The van der Waals surface area contributed by atoms with Gasteiger partial charge in [0, 0.05) is 16.1 Å². The second kappa shape index (κ2) is 4.88. The van der Waals surface area contributed by atoms with Crippen LogP contribution >= 0.6 is 22.9 Å². The lowest BCUT2D eigenvalue weighted by Crippen LogP contribution is -1.95. The molecule has 1 atom stereocenters. The maximum atomic E-state index is 4.74. The first-order chi connectivity index (χ1) is 10.2. The summed E-state index contributed by atoms with van der Waals surface area (Å²) < 4.78 is 4.25. The van der Waals surface area contributed by atoms with E-state index in [4.69, 9.17) is 4.98 Å². The summed E-state index contributed by atoms with van der Waals surface area (Å²) in [6.07, 6.45) is 4.03. The molecule has 2 N–H and O–H groups in total. The Morgan fingerprint density at radius 2 is 2.29 bits per heavy atom. The van der Waals surface area contributed by atoms with E-state index in [1.54, 1.807) is 11.3 Å². The van der Waals surface area contributed by atoms with Gasteiger partial charge >= 0.3 is 0 Å². The van der Waals surface area contributed by atoms with Gasteiger partial charge < -0.3 is 0 Å². The standard InChI is InChI=1S/C13H14N6S2/c1-6-3-4-9-11(8-5-14-18-10(6)8)16-13(20-9)17-12-15-7(2)21-19-12/h5-6H,3-4H2,1-2H3,(H,14,18)(H,16,17,19). The summed E-state index contributed by atoms with van der Waals surface area (Å²) in [5, 5.41) is 12.3. The fourth-order valence-electron chi connectivity index (χ4n) is 2.58. The van der Waals surface area contributed by atoms with Crippen molar-refractivity contribution in [2.24, 2.45) is 0 Å². The van der Waals surface area contributed by atoms with Crippen LogP contribution in [0.3, 0.4) is 0 Å². The van der Waals surface area contributed by atoms with Crippen molar-refractivity contribution < 1.29 is 0 Å². The van der Waals surface area contributed by atoms with Crippen LogP contribution in [0.4, 0.5) is 11.1 Å². The second-order valence-electron chi connectivity index (χ2n) is 5.19. The maximum absolute atomic E-state index is 4.74. The first kappa shape index (κ1) is 12.9. The molecule has 3 aromatic heterocycles. The Morgan fingerprint density at radius 1 is 1.38 bits per heavy atom. The Kier molecular flexibility index (Phi) is 3.00. The summed E-state index contributed by atoms with van der Waals surface area (Å²) in [4.78, 5) is 10.4. The van der Waals surface area contributed by atoms with Crippen molar-refractivity contribution in [3.05, 3.63) is 21.8 Å². The number of fused-ring (bicyclic) bond motifs is 3. The number of aryl methyl sites for hydroxylation is 2. The van der Waals surface area contributed by atoms with Crippen molar-refractivity contribution in [3.8, 4) is 11.3 Å². The highest BCUT2D eigenvalue weighted by Gasteiger charge is 2.24. The number of aromatic nitrogens is 5. The Morgan fingerprint density at radius 3 is 3.10 bits per heavy atom. The van der Waals surface area contributed by atoms with Gasteiger partial charge in [0.2, 0.25) is 5.95 Å². The molecule has 0 aliphatic heterocycles. The van der Waals surface area contributed by atoms with Gasteiger partial charge in [-0.15, -0.1) is 11.3 Å². The van der Waals surface area contributed by atoms with Gasteiger partial charge in [0.15, 0.2) is 5.13 Å². The number of nitrogens with zero attached hydrogens (tertiary/aromatic N) is 4. The minimum Gasteiger partial charge on any atom is -0.299 e. The molecule has 0 spiro atoms. The van der Waals surface area contributed by atoms with E-state index in [-0.39, 0.29) is 0 Å². The number of aromatic amines is 1. The number of anilines is 2. The Balaban J connectivity index is 1.72. The van der Waals surface area contributed by atoms with Gasteiger partial charge in [-0.05, 0) is 37.2 Å². The Labute approximate surface area is 129 Å². The molecular formula is C13H14N6S2. The van der Waals surface area contributed by atoms with Crippen LogP contribution < -0.4 is 5.32 Å². The number of nitrogens with one attached hydrogen (secondary N) is 2. The molecule has 1 aliphatic carbocycles. The summed E-state index contributed by atoms with van der Waals surface area (Å²) >= 11 is 3.07. The average molecular weight is 318 g/mol. The first-order valence-corrected chi connectivity index (χ1v) is 8.40. The Hall–Kier alpha value is -1.80. The molecule has 0 aromatic carbocycles. The number of H-pyrrole nitrogens is 1. The molecule has 3 aromatic rings. The van der Waals surface area contributed by atoms with Crippen LogP contribution in [-0.4, -0.2) is 24.5 Å². The monoisotopic (exact) mass is 318 g/mol. The maximum Gasteiger partial charge on any atom is 0.241 e. The summed E-state index contributed by atoms with van der Waals surface area (Å²) in [6.45, 7) is 4.17. The third-order valence-electron chi connectivity index (χ3n) is 3.66. The summed E-state index contributed by atoms with van der Waals surface area (Å²) in [6, 6.07) is 0. The lowest BCUT2D eigenvalue weighted by Gasteiger charge is -2.06. The van der Waals surface area contributed by atoms with E-state index in [2.05, 4.69) is 31.8 Å². The number of hydrogen-bond acceptors (Lipinski definition) is 7. The average Bonchev–Trinajstić information content (AvgIpc) is 3.15. The summed E-state index contributed by atoms with van der Waals surface area (Å²) in [5.41, 5.74) is 3.36. The number of rotatable bonds is 2. The van der Waals surface area contributed by atoms with Crippen LogP contribution in [0.1, 0.15) is 34.8 Å². The second-order valence-corrected chi connectivity index (χ2v) is 7.23. The lowest BCUT2D eigenvalue weighted by molar-refractivity contribution is 0.669. The molecule has 8 heteroatoms. The first-order valence-electron chi connectivity index (χ1n) is 6.81. The van der Waals surface area contributed by atoms with Crippen LogP contribution in [0.25, 0.3) is 11.3 Å². The molecule has 21 heavy (non-hydrogen) atoms. The van der Waals surface area contributed by atoms with Crippen LogP contribution in [-0.2, 0) is 6.42 Å². The number of hydrogen-bond donors (Lipinski definition) is 2. The van der Waals surface area contributed by atoms with Crippen molar-refractivity contribution in [1.29, 1.82) is 0 Å². The molecule has 0 saturated heterocycles. The van der Waals surface area contributed by atoms with E-state index in [0.29, 0.717) is 11.9 Å². The highest BCUT2D eigenvalue weighted by molar-refractivity contribution is 7.16. The summed E-state index contributed by atoms with van der Waals surface area (Å²) in [5.74, 6) is 1.12. The van der Waals surface area contributed by atoms with Gasteiger partial charge in [0.1, 0.15) is 5.01 Å². The Bertz CT molecular complexity index is 786. The number of thiazole rings is 1. The van der Waals surface area contributed by atoms with Gasteiger partial charge in [-0.1, -0.05) is 6.92 Å². The summed E-state index contributed by atoms with van der Waals surface area (Å²) in [7, 11) is 0. The van der Waals surface area contributed by atoms with Crippen LogP contribution in [0.2, 0.25) is 0 Å². The smallest absolute Gasteiger partial charge is 0.241 e. The molecule has 3 heterocycles. The van der Waals surface area contributed by atoms with Crippen molar-refractivity contribution in [3.63, 3.8) is 0 Å². The minimum absolute atomic E-state index is 0.489. The van der Waals surface area contributed by atoms with E-state index in [1.807, 2.05) is 13.1 Å². The van der Waals surface area contributed by atoms with Crippen molar-refractivity contribution in [2.75, 3.05) is 5.32 Å². The lowest BCUT2D eigenvalue weighted by atomic mass is 10.0. The largest absolute Gasteiger partial charge is 0.299 e. The van der Waals surface area contributed by atoms with E-state index < -0.39 is 0 Å². The normalized spacial score (nSPS) is 17.1. The van der Waals surface area contributed by atoms with E-state index >= 15 is 0 Å². The van der Waals surface area contributed by atoms with E-state index in [0.717, 1.165) is 34.2 Å². The molecule has 0 saturated carbocycles. The fourth-order valence-corrected chi connectivity index (χ4v) is 4.00. The molecule has 1 aliphatic rings. The van der Waals surface area contributed by atoms with Crippen molar-refractivity contribution in [1.82, 2.24) is 24.5 Å². The molecule has 4 rings (SSSR count). The zero-order valence-electron chi connectivity index (χ0n) is 11.7. The zero-order chi connectivity index (χ0) is 14.4. The molecule has 0 radical (unpaired) electrons. The van der Waals surface area contributed by atoms with Crippen molar-refractivity contribution >= 4 is 33.9 Å². The molecule has 0 bridgehead atoms. The van der Waals surface area contributed by atoms with Crippen LogP contribution in [0, 0.1) is 6.92 Å². The zero-order valence-corrected chi connectivity index (χ0v) is 13.3. The topological polar surface area (TPSA) is 79.4 Å². The minimum atomic E-state index is 0.489. The van der Waals surface area contributed by atoms with Gasteiger partial charge in [-0.2, -0.15) is 9.47 Å². The quantitative estimate of drug-likeness (QED) is 0.756.